The van der Waals surface area contributed by atoms with Crippen molar-refractivity contribution in [2.75, 3.05) is 0 Å². The fraction of sp³-hybridized carbons (Fsp3) is 0.545. The largest absolute Gasteiger partial charge is 0.389 e. The summed E-state index contributed by atoms with van der Waals surface area (Å²) in [6.07, 6.45) is 3.22. The number of Topliss-reactive ketones (excluding diaryl/α,β-unsaturated/α-hetero) is 1. The Morgan fingerprint density at radius 1 is 1.50 bits per heavy atom. The van der Waals surface area contributed by atoms with Crippen molar-refractivity contribution in [3.05, 3.63) is 20.6 Å². The maximum atomic E-state index is 11.9. The highest BCUT2D eigenvalue weighted by molar-refractivity contribution is 9.14. The summed E-state index contributed by atoms with van der Waals surface area (Å²) in [5.41, 5.74) is 0.258. The third-order valence-electron chi connectivity index (χ3n) is 3.51. The van der Waals surface area contributed by atoms with Crippen molar-refractivity contribution < 1.29 is 14.6 Å². The molecule has 3 aliphatic rings. The van der Waals surface area contributed by atoms with Crippen LogP contribution in [-0.4, -0.2) is 28.7 Å². The fourth-order valence-corrected chi connectivity index (χ4v) is 3.99. The Bertz CT molecular complexity index is 441. The molecule has 1 saturated carbocycles. The molecule has 0 aromatic carbocycles. The maximum absolute atomic E-state index is 11.9. The van der Waals surface area contributed by atoms with Crippen LogP contribution in [0.2, 0.25) is 0 Å². The Kier molecular flexibility index (Phi) is 2.44. The van der Waals surface area contributed by atoms with Crippen LogP contribution in [0.1, 0.15) is 19.3 Å². The SMILES string of the molecule is O=C1C(Br)=C(Br)[C@@]23CCC[C@H](O)C2=C[C@@H]1O3. The van der Waals surface area contributed by atoms with Crippen LogP contribution in [0.4, 0.5) is 0 Å². The zero-order valence-electron chi connectivity index (χ0n) is 8.37. The number of fused-ring (bicyclic) bond motifs is 1. The molecule has 2 aliphatic heterocycles. The summed E-state index contributed by atoms with van der Waals surface area (Å²) in [5.74, 6) is -0.0772. The molecule has 2 heterocycles. The van der Waals surface area contributed by atoms with E-state index < -0.39 is 17.8 Å². The average Bonchev–Trinajstić information content (AvgIpc) is 2.64. The molecule has 3 rings (SSSR count). The van der Waals surface area contributed by atoms with Gasteiger partial charge in [-0.3, -0.25) is 4.79 Å². The minimum absolute atomic E-state index is 0.0772. The Hall–Kier alpha value is 0.0300. The Labute approximate surface area is 110 Å². The van der Waals surface area contributed by atoms with E-state index in [4.69, 9.17) is 4.74 Å². The molecule has 3 atom stereocenters. The summed E-state index contributed by atoms with van der Waals surface area (Å²) in [6.45, 7) is 0. The molecule has 0 unspecified atom stereocenters. The molecule has 1 N–H and O–H groups in total. The van der Waals surface area contributed by atoms with Gasteiger partial charge in [0, 0.05) is 4.48 Å². The van der Waals surface area contributed by atoms with Crippen molar-refractivity contribution >= 4 is 37.6 Å². The predicted octanol–water partition coefficient (Wildman–Crippen LogP) is 2.18. The first kappa shape index (κ1) is 11.1. The number of hydrogen-bond acceptors (Lipinski definition) is 3. The molecule has 1 spiro atoms. The van der Waals surface area contributed by atoms with Crippen LogP contribution in [0.15, 0.2) is 20.6 Å². The number of halogens is 2. The number of rotatable bonds is 0. The minimum Gasteiger partial charge on any atom is -0.389 e. The van der Waals surface area contributed by atoms with Gasteiger partial charge in [-0.25, -0.2) is 0 Å². The summed E-state index contributed by atoms with van der Waals surface area (Å²) < 4.78 is 7.09. The van der Waals surface area contributed by atoms with Crippen LogP contribution in [0.3, 0.4) is 0 Å². The maximum Gasteiger partial charge on any atom is 0.203 e. The highest BCUT2D eigenvalue weighted by Crippen LogP contribution is 2.53. The van der Waals surface area contributed by atoms with Crippen molar-refractivity contribution in [1.29, 1.82) is 0 Å². The highest BCUT2D eigenvalue weighted by Gasteiger charge is 2.55. The lowest BCUT2D eigenvalue weighted by molar-refractivity contribution is -0.130. The molecule has 86 valence electrons. The van der Waals surface area contributed by atoms with Crippen molar-refractivity contribution in [2.24, 2.45) is 0 Å². The van der Waals surface area contributed by atoms with Crippen molar-refractivity contribution in [2.45, 2.75) is 37.1 Å². The average molecular weight is 350 g/mol. The first-order chi connectivity index (χ1) is 7.56. The molecule has 0 aromatic rings. The number of hydrogen-bond donors (Lipinski definition) is 1. The molecule has 0 saturated heterocycles. The molecule has 5 heteroatoms. The van der Waals surface area contributed by atoms with E-state index in [1.54, 1.807) is 6.08 Å². The topological polar surface area (TPSA) is 46.5 Å². The van der Waals surface area contributed by atoms with E-state index in [0.717, 1.165) is 29.3 Å². The zero-order chi connectivity index (χ0) is 11.5. The molecule has 1 aliphatic carbocycles. The van der Waals surface area contributed by atoms with Crippen LogP contribution in [0.25, 0.3) is 0 Å². The van der Waals surface area contributed by atoms with Gasteiger partial charge in [-0.15, -0.1) is 0 Å². The highest BCUT2D eigenvalue weighted by atomic mass is 79.9. The number of carbonyl (C=O) groups excluding carboxylic acids is 1. The summed E-state index contributed by atoms with van der Waals surface area (Å²) in [5, 5.41) is 9.99. The van der Waals surface area contributed by atoms with E-state index in [-0.39, 0.29) is 5.78 Å². The van der Waals surface area contributed by atoms with Crippen molar-refractivity contribution in [3.63, 3.8) is 0 Å². The first-order valence-electron chi connectivity index (χ1n) is 5.24. The van der Waals surface area contributed by atoms with E-state index in [2.05, 4.69) is 31.9 Å². The van der Waals surface area contributed by atoms with Gasteiger partial charge in [-0.1, -0.05) is 15.9 Å². The van der Waals surface area contributed by atoms with Gasteiger partial charge in [0.05, 0.1) is 10.6 Å². The number of ether oxygens (including phenoxy) is 1. The second-order valence-electron chi connectivity index (χ2n) is 4.39. The normalized spacial score (nSPS) is 42.2. The van der Waals surface area contributed by atoms with Gasteiger partial charge in [0.15, 0.2) is 0 Å². The van der Waals surface area contributed by atoms with E-state index in [1.807, 2.05) is 0 Å². The Morgan fingerprint density at radius 3 is 3.00 bits per heavy atom. The fourth-order valence-electron chi connectivity index (χ4n) is 2.73. The van der Waals surface area contributed by atoms with Crippen molar-refractivity contribution in [3.8, 4) is 0 Å². The minimum atomic E-state index is -0.588. The monoisotopic (exact) mass is 348 g/mol. The lowest BCUT2D eigenvalue weighted by Gasteiger charge is -2.40. The lowest BCUT2D eigenvalue weighted by atomic mass is 9.79. The summed E-state index contributed by atoms with van der Waals surface area (Å²) in [4.78, 5) is 11.9. The van der Waals surface area contributed by atoms with Gasteiger partial charge >= 0.3 is 0 Å². The van der Waals surface area contributed by atoms with Crippen molar-refractivity contribution in [1.82, 2.24) is 0 Å². The first-order valence-corrected chi connectivity index (χ1v) is 6.83. The molecule has 0 amide bonds. The standard InChI is InChI=1S/C11H10Br2O3/c12-8-9(15)7-4-5-6(14)2-1-3-11(5,16-7)10(8)13/h4,6-7,14H,1-3H2/t6-,7-,11+/m0/s1. The second-order valence-corrected chi connectivity index (χ2v) is 5.97. The van der Waals surface area contributed by atoms with E-state index in [9.17, 15) is 9.90 Å². The Morgan fingerprint density at radius 2 is 2.25 bits per heavy atom. The second kappa shape index (κ2) is 3.51. The molecule has 2 bridgehead atoms. The summed E-state index contributed by atoms with van der Waals surface area (Å²) in [7, 11) is 0. The number of carbonyl (C=O) groups is 1. The smallest absolute Gasteiger partial charge is 0.203 e. The van der Waals surface area contributed by atoms with Crippen LogP contribution in [0, 0.1) is 0 Å². The molecule has 1 fully saturated rings. The molecular weight excluding hydrogens is 340 g/mol. The quantitative estimate of drug-likeness (QED) is 0.682. The lowest BCUT2D eigenvalue weighted by Crippen LogP contribution is -2.45. The number of aliphatic hydroxyl groups excluding tert-OH is 1. The molecule has 0 aromatic heterocycles. The van der Waals surface area contributed by atoms with Crippen LogP contribution in [-0.2, 0) is 9.53 Å². The summed E-state index contributed by atoms with van der Waals surface area (Å²) in [6, 6.07) is 0. The molecule has 0 radical (unpaired) electrons. The van der Waals surface area contributed by atoms with Crippen LogP contribution < -0.4 is 0 Å². The van der Waals surface area contributed by atoms with Gasteiger partial charge < -0.3 is 9.84 Å². The van der Waals surface area contributed by atoms with E-state index in [1.165, 1.54) is 0 Å². The van der Waals surface area contributed by atoms with E-state index in [0.29, 0.717) is 4.48 Å². The number of ketones is 1. The van der Waals surface area contributed by atoms with Gasteiger partial charge in [0.1, 0.15) is 11.7 Å². The Balaban J connectivity index is 2.19. The number of aliphatic hydroxyl groups is 1. The van der Waals surface area contributed by atoms with E-state index >= 15 is 0 Å². The van der Waals surface area contributed by atoms with Crippen LogP contribution in [0.5, 0.6) is 0 Å². The van der Waals surface area contributed by atoms with Gasteiger partial charge in [-0.05, 0) is 46.8 Å². The van der Waals surface area contributed by atoms with Gasteiger partial charge in [-0.2, -0.15) is 0 Å². The third-order valence-corrected chi connectivity index (χ3v) is 5.87. The summed E-state index contributed by atoms with van der Waals surface area (Å²) >= 11 is 6.75. The molecule has 16 heavy (non-hydrogen) atoms. The predicted molar refractivity (Wildman–Crippen MR) is 65.4 cm³/mol. The van der Waals surface area contributed by atoms with Gasteiger partial charge in [0.25, 0.3) is 0 Å². The molecule has 3 nitrogen and oxygen atoms in total. The zero-order valence-corrected chi connectivity index (χ0v) is 11.5. The van der Waals surface area contributed by atoms with Gasteiger partial charge in [0.2, 0.25) is 5.78 Å². The van der Waals surface area contributed by atoms with Crippen LogP contribution >= 0.6 is 31.9 Å². The third kappa shape index (κ3) is 1.23. The molecular formula is C11H10Br2O3.